The second kappa shape index (κ2) is 9.10. The fourth-order valence-electron chi connectivity index (χ4n) is 3.74. The summed E-state index contributed by atoms with van der Waals surface area (Å²) in [5.41, 5.74) is 0.519. The molecule has 0 aliphatic heterocycles. The number of anilines is 2. The molecule has 170 valence electrons. The number of alkyl halides is 3. The number of Topliss-reactive ketones (excluding diaryl/α,β-unsaturated/α-hetero) is 1. The highest BCUT2D eigenvalue weighted by Crippen LogP contribution is 2.49. The van der Waals surface area contributed by atoms with Gasteiger partial charge < -0.3 is 10.6 Å². The van der Waals surface area contributed by atoms with Crippen LogP contribution in [0.5, 0.6) is 0 Å². The molecule has 33 heavy (non-hydrogen) atoms. The molecule has 0 spiro atoms. The molecule has 0 radical (unpaired) electrons. The summed E-state index contributed by atoms with van der Waals surface area (Å²) < 4.78 is 39.5. The smallest absolute Gasteiger partial charge is 0.355 e. The standard InChI is InChI=1S/C26H23F3N2O2/c27-26(28,29)21-8-4-5-9-22(21)31-20-12-10-18(11-13-20)17-30-24(33)25(14-15-25)16-23(32)19-6-2-1-3-7-19/h1-13,31H,14-17H2,(H,30,33). The fourth-order valence-corrected chi connectivity index (χ4v) is 3.74. The number of carbonyl (C=O) groups excluding carboxylic acids is 2. The van der Waals surface area contributed by atoms with Crippen LogP contribution in [0.25, 0.3) is 0 Å². The van der Waals surface area contributed by atoms with Crippen molar-refractivity contribution in [2.45, 2.75) is 32.0 Å². The van der Waals surface area contributed by atoms with Crippen molar-refractivity contribution in [1.82, 2.24) is 5.32 Å². The van der Waals surface area contributed by atoms with E-state index in [0.717, 1.165) is 11.6 Å². The van der Waals surface area contributed by atoms with Gasteiger partial charge in [-0.25, -0.2) is 0 Å². The van der Waals surface area contributed by atoms with Crippen LogP contribution in [0.1, 0.15) is 40.7 Å². The van der Waals surface area contributed by atoms with Crippen LogP contribution >= 0.6 is 0 Å². The molecule has 1 saturated carbocycles. The van der Waals surface area contributed by atoms with E-state index in [-0.39, 0.29) is 30.3 Å². The van der Waals surface area contributed by atoms with Crippen LogP contribution in [0.2, 0.25) is 0 Å². The van der Waals surface area contributed by atoms with Crippen molar-refractivity contribution in [3.63, 3.8) is 0 Å². The van der Waals surface area contributed by atoms with Crippen LogP contribution in [0.4, 0.5) is 24.5 Å². The van der Waals surface area contributed by atoms with E-state index >= 15 is 0 Å². The van der Waals surface area contributed by atoms with Crippen molar-refractivity contribution in [3.8, 4) is 0 Å². The molecule has 0 unspecified atom stereocenters. The molecular formula is C26H23F3N2O2. The average molecular weight is 452 g/mol. The van der Waals surface area contributed by atoms with Gasteiger partial charge in [-0.15, -0.1) is 0 Å². The lowest BCUT2D eigenvalue weighted by molar-refractivity contribution is -0.137. The van der Waals surface area contributed by atoms with Gasteiger partial charge in [-0.3, -0.25) is 9.59 Å². The Morgan fingerprint density at radius 1 is 0.848 bits per heavy atom. The van der Waals surface area contributed by atoms with Crippen molar-refractivity contribution < 1.29 is 22.8 Å². The summed E-state index contributed by atoms with van der Waals surface area (Å²) in [6, 6.07) is 21.1. The second-order valence-corrected chi connectivity index (χ2v) is 8.29. The van der Waals surface area contributed by atoms with Crippen LogP contribution < -0.4 is 10.6 Å². The van der Waals surface area contributed by atoms with E-state index < -0.39 is 17.2 Å². The van der Waals surface area contributed by atoms with E-state index in [9.17, 15) is 22.8 Å². The summed E-state index contributed by atoms with van der Waals surface area (Å²) in [6.07, 6.45) is -2.91. The number of amides is 1. The lowest BCUT2D eigenvalue weighted by Gasteiger charge is -2.16. The number of benzene rings is 3. The minimum Gasteiger partial charge on any atom is -0.355 e. The number of hydrogen-bond donors (Lipinski definition) is 2. The number of hydrogen-bond acceptors (Lipinski definition) is 3. The Morgan fingerprint density at radius 3 is 2.12 bits per heavy atom. The molecule has 1 aliphatic carbocycles. The zero-order chi connectivity index (χ0) is 23.5. The van der Waals surface area contributed by atoms with Crippen LogP contribution in [-0.2, 0) is 17.5 Å². The van der Waals surface area contributed by atoms with E-state index in [1.807, 2.05) is 6.07 Å². The Labute approximate surface area is 189 Å². The summed E-state index contributed by atoms with van der Waals surface area (Å²) in [7, 11) is 0. The van der Waals surface area contributed by atoms with Crippen LogP contribution in [0, 0.1) is 5.41 Å². The summed E-state index contributed by atoms with van der Waals surface area (Å²) >= 11 is 0. The van der Waals surface area contributed by atoms with Gasteiger partial charge in [-0.2, -0.15) is 13.2 Å². The first-order valence-corrected chi connectivity index (χ1v) is 10.7. The van der Waals surface area contributed by atoms with Crippen molar-refractivity contribution in [3.05, 3.63) is 95.6 Å². The van der Waals surface area contributed by atoms with Gasteiger partial charge in [-0.05, 0) is 42.7 Å². The Morgan fingerprint density at radius 2 is 1.48 bits per heavy atom. The number of halogens is 3. The molecular weight excluding hydrogens is 429 g/mol. The van der Waals surface area contributed by atoms with Gasteiger partial charge in [-0.1, -0.05) is 54.6 Å². The van der Waals surface area contributed by atoms with Gasteiger partial charge in [0.2, 0.25) is 5.91 Å². The van der Waals surface area contributed by atoms with E-state index in [1.165, 1.54) is 18.2 Å². The minimum absolute atomic E-state index is 0.0233. The maximum Gasteiger partial charge on any atom is 0.418 e. The molecule has 1 aliphatic rings. The Bertz CT molecular complexity index is 1140. The first-order valence-electron chi connectivity index (χ1n) is 10.7. The molecule has 0 heterocycles. The van der Waals surface area contributed by atoms with E-state index in [4.69, 9.17) is 0 Å². The zero-order valence-corrected chi connectivity index (χ0v) is 17.8. The summed E-state index contributed by atoms with van der Waals surface area (Å²) in [5.74, 6) is -0.189. The molecule has 0 bridgehead atoms. The van der Waals surface area contributed by atoms with Crippen molar-refractivity contribution in [2.75, 3.05) is 5.32 Å². The molecule has 3 aromatic carbocycles. The third-order valence-electron chi connectivity index (χ3n) is 5.85. The average Bonchev–Trinajstić information content (AvgIpc) is 3.59. The topological polar surface area (TPSA) is 58.2 Å². The van der Waals surface area contributed by atoms with Crippen LogP contribution in [-0.4, -0.2) is 11.7 Å². The molecule has 4 nitrogen and oxygen atoms in total. The Hall–Kier alpha value is -3.61. The Kier molecular flexibility index (Phi) is 6.22. The quantitative estimate of drug-likeness (QED) is 0.405. The number of para-hydroxylation sites is 1. The summed E-state index contributed by atoms with van der Waals surface area (Å²) in [6.45, 7) is 0.277. The van der Waals surface area contributed by atoms with Gasteiger partial charge in [0.15, 0.2) is 5.78 Å². The molecule has 0 saturated heterocycles. The van der Waals surface area contributed by atoms with Gasteiger partial charge in [0.1, 0.15) is 0 Å². The van der Waals surface area contributed by atoms with E-state index in [1.54, 1.807) is 48.5 Å². The van der Waals surface area contributed by atoms with E-state index in [0.29, 0.717) is 24.1 Å². The normalized spacial score (nSPS) is 14.4. The molecule has 4 rings (SSSR count). The second-order valence-electron chi connectivity index (χ2n) is 8.29. The summed E-state index contributed by atoms with van der Waals surface area (Å²) in [4.78, 5) is 25.2. The third-order valence-corrected chi connectivity index (χ3v) is 5.85. The number of nitrogens with one attached hydrogen (secondary N) is 2. The van der Waals surface area contributed by atoms with Crippen molar-refractivity contribution in [1.29, 1.82) is 0 Å². The molecule has 1 fully saturated rings. The molecule has 1 amide bonds. The molecule has 0 atom stereocenters. The third kappa shape index (κ3) is 5.42. The highest BCUT2D eigenvalue weighted by Gasteiger charge is 2.50. The minimum atomic E-state index is -4.45. The zero-order valence-electron chi connectivity index (χ0n) is 17.8. The highest BCUT2D eigenvalue weighted by atomic mass is 19.4. The van der Waals surface area contributed by atoms with Crippen LogP contribution in [0.15, 0.2) is 78.9 Å². The predicted octanol–water partition coefficient (Wildman–Crippen LogP) is 6.12. The predicted molar refractivity (Wildman–Crippen MR) is 120 cm³/mol. The van der Waals surface area contributed by atoms with Crippen LogP contribution in [0.3, 0.4) is 0 Å². The number of rotatable bonds is 8. The van der Waals surface area contributed by atoms with Gasteiger partial charge >= 0.3 is 6.18 Å². The maximum absolute atomic E-state index is 13.2. The maximum atomic E-state index is 13.2. The van der Waals surface area contributed by atoms with Gasteiger partial charge in [0, 0.05) is 24.2 Å². The molecule has 7 heteroatoms. The lowest BCUT2D eigenvalue weighted by Crippen LogP contribution is -2.33. The lowest BCUT2D eigenvalue weighted by atomic mass is 9.94. The molecule has 2 N–H and O–H groups in total. The SMILES string of the molecule is O=C(CC1(C(=O)NCc2ccc(Nc3ccccc3C(F)(F)F)cc2)CC1)c1ccccc1. The molecule has 3 aromatic rings. The highest BCUT2D eigenvalue weighted by molar-refractivity contribution is 6.00. The fraction of sp³-hybridized carbons (Fsp3) is 0.231. The Balaban J connectivity index is 1.34. The number of carbonyl (C=O) groups is 2. The molecule has 0 aromatic heterocycles. The number of ketones is 1. The monoisotopic (exact) mass is 452 g/mol. The first kappa shape index (κ1) is 22.6. The first-order chi connectivity index (χ1) is 15.8. The van der Waals surface area contributed by atoms with Crippen molar-refractivity contribution >= 4 is 23.1 Å². The van der Waals surface area contributed by atoms with Crippen molar-refractivity contribution in [2.24, 2.45) is 5.41 Å². The van der Waals surface area contributed by atoms with E-state index in [2.05, 4.69) is 10.6 Å². The largest absolute Gasteiger partial charge is 0.418 e. The summed E-state index contributed by atoms with van der Waals surface area (Å²) in [5, 5.41) is 5.69. The van der Waals surface area contributed by atoms with Gasteiger partial charge in [0.25, 0.3) is 0 Å². The van der Waals surface area contributed by atoms with Gasteiger partial charge in [0.05, 0.1) is 16.7 Å².